The zero-order valence-corrected chi connectivity index (χ0v) is 20.5. The molecule has 0 spiro atoms. The summed E-state index contributed by atoms with van der Waals surface area (Å²) in [5.41, 5.74) is 6.03. The number of anilines is 1. The lowest BCUT2D eigenvalue weighted by Crippen LogP contribution is -2.46. The van der Waals surface area contributed by atoms with E-state index in [-0.39, 0.29) is 11.8 Å². The third-order valence-electron chi connectivity index (χ3n) is 6.57. The van der Waals surface area contributed by atoms with Crippen LogP contribution in [0.5, 0.6) is 0 Å². The number of aromatic nitrogens is 2. The molecule has 5 rings (SSSR count). The van der Waals surface area contributed by atoms with E-state index in [0.29, 0.717) is 28.7 Å². The van der Waals surface area contributed by atoms with E-state index in [0.717, 1.165) is 24.0 Å². The van der Waals surface area contributed by atoms with Crippen molar-refractivity contribution in [2.75, 3.05) is 4.90 Å². The molecule has 1 aliphatic rings. The van der Waals surface area contributed by atoms with E-state index in [9.17, 15) is 9.18 Å². The standard InChI is InChI=1S/C29H27FN4O2/c1-4-19-6-10-21(11-7-19)26-25(18(3)34(29(35)31-26)24-16-14-23(30)15-17-24)28-32-27(33-36-28)22-12-8-20(5-2)9-13-22/h6-17,26H,4-5H2,1-3H3,(H,31,35). The van der Waals surface area contributed by atoms with Crippen molar-refractivity contribution >= 4 is 17.3 Å². The van der Waals surface area contributed by atoms with Crippen LogP contribution in [0.1, 0.15) is 49.4 Å². The highest BCUT2D eigenvalue weighted by atomic mass is 19.1. The van der Waals surface area contributed by atoms with Crippen molar-refractivity contribution in [1.82, 2.24) is 15.5 Å². The molecule has 0 bridgehead atoms. The number of hydrogen-bond donors (Lipinski definition) is 1. The summed E-state index contributed by atoms with van der Waals surface area (Å²) in [5, 5.41) is 7.32. The maximum Gasteiger partial charge on any atom is 0.326 e. The summed E-state index contributed by atoms with van der Waals surface area (Å²) in [6.45, 7) is 6.04. The zero-order valence-electron chi connectivity index (χ0n) is 20.5. The van der Waals surface area contributed by atoms with Gasteiger partial charge in [0.1, 0.15) is 5.82 Å². The number of hydrogen-bond acceptors (Lipinski definition) is 4. The Bertz CT molecular complexity index is 1410. The predicted octanol–water partition coefficient (Wildman–Crippen LogP) is 6.70. The maximum atomic E-state index is 13.6. The first-order chi connectivity index (χ1) is 17.5. The molecule has 1 N–H and O–H groups in total. The van der Waals surface area contributed by atoms with Crippen molar-refractivity contribution in [3.05, 3.63) is 107 Å². The minimum absolute atomic E-state index is 0.317. The molecule has 0 saturated heterocycles. The van der Waals surface area contributed by atoms with E-state index in [4.69, 9.17) is 9.51 Å². The number of nitrogens with one attached hydrogen (secondary N) is 1. The van der Waals surface area contributed by atoms with Gasteiger partial charge in [0.25, 0.3) is 5.89 Å². The molecule has 1 aromatic heterocycles. The van der Waals surface area contributed by atoms with Gasteiger partial charge in [0.2, 0.25) is 5.82 Å². The number of urea groups is 1. The van der Waals surface area contributed by atoms with Gasteiger partial charge in [-0.2, -0.15) is 4.98 Å². The number of benzene rings is 3. The van der Waals surface area contributed by atoms with Crippen LogP contribution >= 0.6 is 0 Å². The number of aryl methyl sites for hydroxylation is 2. The van der Waals surface area contributed by atoms with Crippen LogP contribution in [-0.4, -0.2) is 16.2 Å². The van der Waals surface area contributed by atoms with Crippen molar-refractivity contribution in [2.24, 2.45) is 0 Å². The molecule has 6 nitrogen and oxygen atoms in total. The lowest BCUT2D eigenvalue weighted by atomic mass is 9.93. The van der Waals surface area contributed by atoms with Crippen LogP contribution in [-0.2, 0) is 12.8 Å². The number of rotatable bonds is 6. The smallest absolute Gasteiger partial charge is 0.326 e. The average molecular weight is 483 g/mol. The Labute approximate surface area is 209 Å². The van der Waals surface area contributed by atoms with E-state index in [2.05, 4.69) is 36.5 Å². The minimum atomic E-state index is -0.490. The molecule has 4 aromatic rings. The number of amides is 2. The minimum Gasteiger partial charge on any atom is -0.334 e. The molecule has 1 atom stereocenters. The lowest BCUT2D eigenvalue weighted by Gasteiger charge is -2.35. The number of carbonyl (C=O) groups is 1. The molecule has 3 aromatic carbocycles. The summed E-state index contributed by atoms with van der Waals surface area (Å²) in [4.78, 5) is 19.5. The Kier molecular flexibility index (Phi) is 6.38. The Hall–Kier alpha value is -4.26. The summed E-state index contributed by atoms with van der Waals surface area (Å²) in [5.74, 6) is 0.416. The first-order valence-corrected chi connectivity index (χ1v) is 12.1. The molecule has 0 radical (unpaired) electrons. The van der Waals surface area contributed by atoms with Crippen LogP contribution in [0, 0.1) is 5.82 Å². The molecule has 2 amide bonds. The third-order valence-corrected chi connectivity index (χ3v) is 6.57. The van der Waals surface area contributed by atoms with Crippen molar-refractivity contribution in [3.8, 4) is 11.4 Å². The summed E-state index contributed by atoms with van der Waals surface area (Å²) >= 11 is 0. The highest BCUT2D eigenvalue weighted by Gasteiger charge is 2.36. The Balaban J connectivity index is 1.62. The first-order valence-electron chi connectivity index (χ1n) is 12.1. The van der Waals surface area contributed by atoms with Gasteiger partial charge in [-0.25, -0.2) is 9.18 Å². The third kappa shape index (κ3) is 4.40. The summed E-state index contributed by atoms with van der Waals surface area (Å²) in [6, 6.07) is 21.1. The van der Waals surface area contributed by atoms with Gasteiger partial charge >= 0.3 is 6.03 Å². The first kappa shape index (κ1) is 23.5. The van der Waals surface area contributed by atoms with Gasteiger partial charge in [-0.15, -0.1) is 0 Å². The fourth-order valence-electron chi connectivity index (χ4n) is 4.46. The van der Waals surface area contributed by atoms with Gasteiger partial charge in [-0.1, -0.05) is 67.5 Å². The molecule has 1 aliphatic heterocycles. The van der Waals surface area contributed by atoms with Gasteiger partial charge in [0.15, 0.2) is 0 Å². The van der Waals surface area contributed by atoms with Crippen molar-refractivity contribution < 1.29 is 13.7 Å². The van der Waals surface area contributed by atoms with Gasteiger partial charge in [0, 0.05) is 11.3 Å². The number of nitrogens with zero attached hydrogens (tertiary/aromatic N) is 3. The SMILES string of the molecule is CCc1ccc(-c2noc(C3=C(C)N(c4ccc(F)cc4)C(=O)NC3c3ccc(CC)cc3)n2)cc1. The normalized spacial score (nSPS) is 15.8. The van der Waals surface area contributed by atoms with Crippen LogP contribution in [0.4, 0.5) is 14.9 Å². The fourth-order valence-corrected chi connectivity index (χ4v) is 4.46. The molecule has 0 fully saturated rings. The lowest BCUT2D eigenvalue weighted by molar-refractivity contribution is 0.244. The van der Waals surface area contributed by atoms with E-state index in [1.165, 1.54) is 28.2 Å². The monoisotopic (exact) mass is 482 g/mol. The molecular weight excluding hydrogens is 455 g/mol. The summed E-state index contributed by atoms with van der Waals surface area (Å²) < 4.78 is 19.3. The highest BCUT2D eigenvalue weighted by Crippen LogP contribution is 2.39. The van der Waals surface area contributed by atoms with Crippen LogP contribution in [0.25, 0.3) is 17.0 Å². The van der Waals surface area contributed by atoms with Gasteiger partial charge < -0.3 is 9.84 Å². The second-order valence-electron chi connectivity index (χ2n) is 8.76. The van der Waals surface area contributed by atoms with Gasteiger partial charge in [0.05, 0.1) is 17.3 Å². The molecule has 2 heterocycles. The molecule has 36 heavy (non-hydrogen) atoms. The molecule has 1 unspecified atom stereocenters. The topological polar surface area (TPSA) is 71.3 Å². The van der Waals surface area contributed by atoms with Crippen LogP contribution in [0.3, 0.4) is 0 Å². The van der Waals surface area contributed by atoms with Crippen LogP contribution in [0.2, 0.25) is 0 Å². The quantitative estimate of drug-likeness (QED) is 0.332. The largest absolute Gasteiger partial charge is 0.334 e. The highest BCUT2D eigenvalue weighted by molar-refractivity contribution is 6.01. The van der Waals surface area contributed by atoms with Crippen molar-refractivity contribution in [2.45, 2.75) is 39.7 Å². The van der Waals surface area contributed by atoms with Gasteiger partial charge in [-0.3, -0.25) is 4.90 Å². The van der Waals surface area contributed by atoms with Crippen molar-refractivity contribution in [1.29, 1.82) is 0 Å². The Morgan fingerprint density at radius 1 is 0.917 bits per heavy atom. The fraction of sp³-hybridized carbons (Fsp3) is 0.207. The second kappa shape index (κ2) is 9.77. The van der Waals surface area contributed by atoms with E-state index >= 15 is 0 Å². The Morgan fingerprint density at radius 2 is 1.53 bits per heavy atom. The average Bonchev–Trinajstić information content (AvgIpc) is 3.39. The molecule has 7 heteroatoms. The number of carbonyl (C=O) groups excluding carboxylic acids is 1. The predicted molar refractivity (Wildman–Crippen MR) is 138 cm³/mol. The summed E-state index contributed by atoms with van der Waals surface area (Å²) in [7, 11) is 0. The number of allylic oxidation sites excluding steroid dienone is 1. The molecule has 0 saturated carbocycles. The van der Waals surface area contributed by atoms with E-state index in [1.54, 1.807) is 12.1 Å². The molecule has 0 aliphatic carbocycles. The van der Waals surface area contributed by atoms with E-state index < -0.39 is 6.04 Å². The molecular formula is C29H27FN4O2. The molecule has 182 valence electrons. The maximum absolute atomic E-state index is 13.6. The van der Waals surface area contributed by atoms with Gasteiger partial charge in [-0.05, 0) is 60.7 Å². The van der Waals surface area contributed by atoms with Crippen LogP contribution in [0.15, 0.2) is 83.0 Å². The van der Waals surface area contributed by atoms with Crippen LogP contribution < -0.4 is 10.2 Å². The second-order valence-corrected chi connectivity index (χ2v) is 8.76. The zero-order chi connectivity index (χ0) is 25.2. The van der Waals surface area contributed by atoms with Crippen molar-refractivity contribution in [3.63, 3.8) is 0 Å². The van der Waals surface area contributed by atoms with E-state index in [1.807, 2.05) is 43.3 Å². The number of halogens is 1. The Morgan fingerprint density at radius 3 is 2.14 bits per heavy atom. The summed E-state index contributed by atoms with van der Waals surface area (Å²) in [6.07, 6.45) is 1.86.